The molecule has 2 aromatic carbocycles. The van der Waals surface area contributed by atoms with Gasteiger partial charge in [-0.1, -0.05) is 54.5 Å². The summed E-state index contributed by atoms with van der Waals surface area (Å²) < 4.78 is 0. The van der Waals surface area contributed by atoms with Gasteiger partial charge in [0.2, 0.25) is 5.91 Å². The molecule has 1 fully saturated rings. The van der Waals surface area contributed by atoms with Gasteiger partial charge in [-0.15, -0.1) is 6.42 Å². The Morgan fingerprint density at radius 1 is 1.12 bits per heavy atom. The Labute approximate surface area is 151 Å². The number of likely N-dealkylation sites (tertiary alicyclic amines) is 1. The van der Waals surface area contributed by atoms with E-state index in [0.29, 0.717) is 11.1 Å². The summed E-state index contributed by atoms with van der Waals surface area (Å²) in [6.07, 6.45) is 4.33. The van der Waals surface area contributed by atoms with Gasteiger partial charge in [-0.05, 0) is 17.2 Å². The van der Waals surface area contributed by atoms with E-state index in [1.54, 1.807) is 18.2 Å². The molecule has 130 valence electrons. The number of aliphatic hydroxyl groups is 1. The molecule has 2 aliphatic rings. The van der Waals surface area contributed by atoms with Gasteiger partial charge in [0.25, 0.3) is 5.91 Å². The van der Waals surface area contributed by atoms with E-state index in [1.165, 1.54) is 9.80 Å². The van der Waals surface area contributed by atoms with Gasteiger partial charge in [-0.2, -0.15) is 0 Å². The zero-order valence-electron chi connectivity index (χ0n) is 14.1. The van der Waals surface area contributed by atoms with Crippen LogP contribution in [0, 0.1) is 12.3 Å². The summed E-state index contributed by atoms with van der Waals surface area (Å²) in [5.74, 6) is 2.05. The predicted molar refractivity (Wildman–Crippen MR) is 95.6 cm³/mol. The van der Waals surface area contributed by atoms with Crippen molar-refractivity contribution in [3.8, 4) is 12.3 Å². The van der Waals surface area contributed by atoms with Gasteiger partial charge in [0.15, 0.2) is 6.23 Å². The largest absolute Gasteiger partial charge is 0.371 e. The van der Waals surface area contributed by atoms with Gasteiger partial charge >= 0.3 is 0 Å². The Bertz CT molecular complexity index is 918. The van der Waals surface area contributed by atoms with E-state index in [0.717, 1.165) is 5.56 Å². The maximum absolute atomic E-state index is 12.9. The van der Waals surface area contributed by atoms with Crippen molar-refractivity contribution in [1.29, 1.82) is 0 Å². The molecule has 1 N–H and O–H groups in total. The molecule has 0 radical (unpaired) electrons. The molecule has 5 nitrogen and oxygen atoms in total. The van der Waals surface area contributed by atoms with E-state index in [1.807, 2.05) is 36.4 Å². The SMILES string of the molecule is C#CCN1C(=O)c2ccccc2[C@@]12CC(=O)N(Cc1ccccc1)[C@@H]2O. The second-order valence-corrected chi connectivity index (χ2v) is 6.62. The van der Waals surface area contributed by atoms with E-state index >= 15 is 0 Å². The lowest BCUT2D eigenvalue weighted by Crippen LogP contribution is -2.52. The molecule has 0 bridgehead atoms. The molecule has 2 amide bonds. The molecule has 4 rings (SSSR count). The number of hydrogen-bond acceptors (Lipinski definition) is 3. The summed E-state index contributed by atoms with van der Waals surface area (Å²) >= 11 is 0. The van der Waals surface area contributed by atoms with E-state index in [4.69, 9.17) is 6.42 Å². The van der Waals surface area contributed by atoms with E-state index in [-0.39, 0.29) is 31.3 Å². The third-order valence-electron chi connectivity index (χ3n) is 5.26. The molecule has 2 aromatic rings. The molecule has 2 aliphatic heterocycles. The van der Waals surface area contributed by atoms with Crippen LogP contribution in [0.2, 0.25) is 0 Å². The first-order valence-corrected chi connectivity index (χ1v) is 8.46. The van der Waals surface area contributed by atoms with Crippen molar-refractivity contribution < 1.29 is 14.7 Å². The van der Waals surface area contributed by atoms with Crippen LogP contribution in [0.1, 0.15) is 27.9 Å². The van der Waals surface area contributed by atoms with Crippen molar-refractivity contribution in [1.82, 2.24) is 9.80 Å². The minimum absolute atomic E-state index is 0.0193. The summed E-state index contributed by atoms with van der Waals surface area (Å²) in [5, 5.41) is 11.2. The third kappa shape index (κ3) is 2.16. The molecule has 0 saturated carbocycles. The summed E-state index contributed by atoms with van der Waals surface area (Å²) in [7, 11) is 0. The van der Waals surface area contributed by atoms with Crippen molar-refractivity contribution in [2.45, 2.75) is 24.7 Å². The van der Waals surface area contributed by atoms with Gasteiger partial charge in [0.1, 0.15) is 5.54 Å². The minimum Gasteiger partial charge on any atom is -0.371 e. The van der Waals surface area contributed by atoms with Crippen LogP contribution in [0.15, 0.2) is 54.6 Å². The van der Waals surface area contributed by atoms with Gasteiger partial charge in [-0.25, -0.2) is 0 Å². The first kappa shape index (κ1) is 16.4. The Morgan fingerprint density at radius 3 is 2.54 bits per heavy atom. The Balaban J connectivity index is 1.78. The number of aliphatic hydroxyl groups excluding tert-OH is 1. The van der Waals surface area contributed by atoms with Gasteiger partial charge in [-0.3, -0.25) is 9.59 Å². The van der Waals surface area contributed by atoms with Crippen LogP contribution >= 0.6 is 0 Å². The van der Waals surface area contributed by atoms with Crippen molar-refractivity contribution in [2.75, 3.05) is 6.54 Å². The standard InChI is InChI=1S/C21H18N2O3/c1-2-12-23-19(25)16-10-6-7-11-17(16)21(23)13-18(24)22(20(21)26)14-15-8-4-3-5-9-15/h1,3-11,20,26H,12-14H2/t20-,21-/m1/s1. The number of benzene rings is 2. The maximum atomic E-state index is 12.9. The first-order valence-electron chi connectivity index (χ1n) is 8.46. The Morgan fingerprint density at radius 2 is 1.81 bits per heavy atom. The van der Waals surface area contributed by atoms with Crippen molar-refractivity contribution in [3.63, 3.8) is 0 Å². The summed E-state index contributed by atoms with van der Waals surface area (Å²) in [5.41, 5.74) is 0.942. The van der Waals surface area contributed by atoms with Crippen molar-refractivity contribution in [3.05, 3.63) is 71.3 Å². The second-order valence-electron chi connectivity index (χ2n) is 6.62. The van der Waals surface area contributed by atoms with E-state index in [2.05, 4.69) is 5.92 Å². The highest BCUT2D eigenvalue weighted by Gasteiger charge is 2.61. The third-order valence-corrected chi connectivity index (χ3v) is 5.26. The molecule has 0 aliphatic carbocycles. The zero-order valence-corrected chi connectivity index (χ0v) is 14.1. The highest BCUT2D eigenvalue weighted by atomic mass is 16.3. The van der Waals surface area contributed by atoms with Crippen LogP contribution in [0.3, 0.4) is 0 Å². The molecule has 0 aromatic heterocycles. The fraction of sp³-hybridized carbons (Fsp3) is 0.238. The number of carbonyl (C=O) groups is 2. The monoisotopic (exact) mass is 346 g/mol. The fourth-order valence-corrected chi connectivity index (χ4v) is 4.06. The van der Waals surface area contributed by atoms with Crippen molar-refractivity contribution in [2.24, 2.45) is 0 Å². The van der Waals surface area contributed by atoms with Crippen LogP contribution in [-0.4, -0.2) is 39.5 Å². The van der Waals surface area contributed by atoms with Gasteiger partial charge in [0.05, 0.1) is 13.0 Å². The number of carbonyl (C=O) groups excluding carboxylic acids is 2. The highest BCUT2D eigenvalue weighted by molar-refractivity contribution is 6.02. The van der Waals surface area contributed by atoms with Crippen molar-refractivity contribution >= 4 is 11.8 Å². The van der Waals surface area contributed by atoms with Crippen LogP contribution < -0.4 is 0 Å². The smallest absolute Gasteiger partial charge is 0.255 e. The molecule has 26 heavy (non-hydrogen) atoms. The summed E-state index contributed by atoms with van der Waals surface area (Å²) in [6, 6.07) is 16.6. The maximum Gasteiger partial charge on any atom is 0.255 e. The molecule has 0 unspecified atom stereocenters. The van der Waals surface area contributed by atoms with Gasteiger partial charge < -0.3 is 14.9 Å². The number of fused-ring (bicyclic) bond motifs is 2. The molecular weight excluding hydrogens is 328 g/mol. The van der Waals surface area contributed by atoms with Crippen LogP contribution in [0.25, 0.3) is 0 Å². The molecule has 2 atom stereocenters. The van der Waals surface area contributed by atoms with Crippen LogP contribution in [0.4, 0.5) is 0 Å². The first-order chi connectivity index (χ1) is 12.6. The van der Waals surface area contributed by atoms with Gasteiger partial charge in [0, 0.05) is 12.1 Å². The molecule has 2 heterocycles. The normalized spacial score (nSPS) is 24.2. The quantitative estimate of drug-likeness (QED) is 0.861. The fourth-order valence-electron chi connectivity index (χ4n) is 4.06. The average molecular weight is 346 g/mol. The molecule has 1 saturated heterocycles. The molecular formula is C21H18N2O3. The van der Waals surface area contributed by atoms with Crippen LogP contribution in [-0.2, 0) is 16.9 Å². The second kappa shape index (κ2) is 6.01. The summed E-state index contributed by atoms with van der Waals surface area (Å²) in [4.78, 5) is 28.5. The molecule has 1 spiro atoms. The van der Waals surface area contributed by atoms with E-state index < -0.39 is 11.8 Å². The summed E-state index contributed by atoms with van der Waals surface area (Å²) in [6.45, 7) is 0.319. The minimum atomic E-state index is -1.16. The number of terminal acetylenes is 1. The average Bonchev–Trinajstić information content (AvgIpc) is 3.05. The Hall–Kier alpha value is -3.10. The zero-order chi connectivity index (χ0) is 18.3. The number of hydrogen-bond donors (Lipinski definition) is 1. The number of rotatable bonds is 3. The number of amides is 2. The lowest BCUT2D eigenvalue weighted by Gasteiger charge is -2.38. The molecule has 5 heteroatoms. The topological polar surface area (TPSA) is 60.9 Å². The van der Waals surface area contributed by atoms with Crippen LogP contribution in [0.5, 0.6) is 0 Å². The lowest BCUT2D eigenvalue weighted by atomic mass is 9.87. The Kier molecular flexibility index (Phi) is 3.78. The number of nitrogens with zero attached hydrogens (tertiary/aromatic N) is 2. The lowest BCUT2D eigenvalue weighted by molar-refractivity contribution is -0.135. The van der Waals surface area contributed by atoms with E-state index in [9.17, 15) is 14.7 Å². The highest BCUT2D eigenvalue weighted by Crippen LogP contribution is 2.49. The predicted octanol–water partition coefficient (Wildman–Crippen LogP) is 1.72.